The van der Waals surface area contributed by atoms with Gasteiger partial charge in [-0.1, -0.05) is 68.2 Å². The normalized spacial score (nSPS) is 29.5. The summed E-state index contributed by atoms with van der Waals surface area (Å²) in [6, 6.07) is 0. The summed E-state index contributed by atoms with van der Waals surface area (Å²) in [6.45, 7) is 21.1. The summed E-state index contributed by atoms with van der Waals surface area (Å²) in [5, 5.41) is 0. The smallest absolute Gasteiger partial charge is 0.330 e. The van der Waals surface area contributed by atoms with Crippen molar-refractivity contribution in [2.75, 3.05) is 13.2 Å². The van der Waals surface area contributed by atoms with Gasteiger partial charge in [0.05, 0.1) is 12.7 Å². The molecule has 8 atom stereocenters. The van der Waals surface area contributed by atoms with Crippen molar-refractivity contribution in [1.82, 2.24) is 19.5 Å². The summed E-state index contributed by atoms with van der Waals surface area (Å²) >= 11 is 0. The third kappa shape index (κ3) is 9.39. The zero-order valence-electron chi connectivity index (χ0n) is 26.4. The molecular formula is C31H52N4O6. The zero-order chi connectivity index (χ0) is 30.9. The Bertz CT molecular complexity index is 1300. The molecule has 10 heteroatoms. The number of hydrogen-bond acceptors (Lipinski definition) is 6. The third-order valence-corrected chi connectivity index (χ3v) is 9.05. The second kappa shape index (κ2) is 16.1. The van der Waals surface area contributed by atoms with Crippen LogP contribution in [0.3, 0.4) is 0 Å². The van der Waals surface area contributed by atoms with Gasteiger partial charge in [0.2, 0.25) is 0 Å². The molecule has 0 radical (unpaired) electrons. The lowest BCUT2D eigenvalue weighted by Gasteiger charge is -2.39. The molecule has 0 aliphatic carbocycles. The van der Waals surface area contributed by atoms with Gasteiger partial charge in [-0.15, -0.1) is 0 Å². The largest absolute Gasteiger partial charge is 0.378 e. The Hall–Kier alpha value is -2.72. The van der Waals surface area contributed by atoms with E-state index in [1.807, 2.05) is 13.8 Å². The van der Waals surface area contributed by atoms with E-state index in [2.05, 4.69) is 63.4 Å². The van der Waals surface area contributed by atoms with Gasteiger partial charge in [-0.05, 0) is 49.4 Å². The van der Waals surface area contributed by atoms with Crippen LogP contribution >= 0.6 is 0 Å². The first kappa shape index (κ1) is 34.5. The Labute approximate surface area is 243 Å². The van der Waals surface area contributed by atoms with E-state index in [-0.39, 0.29) is 29.0 Å². The molecule has 2 aromatic heterocycles. The topological polar surface area (TPSA) is 139 Å². The lowest BCUT2D eigenvalue weighted by molar-refractivity contribution is -0.119. The Balaban J connectivity index is 0.000000236. The van der Waals surface area contributed by atoms with E-state index >= 15 is 0 Å². The fourth-order valence-electron chi connectivity index (χ4n) is 5.27. The molecule has 41 heavy (non-hydrogen) atoms. The number of ether oxygens (including phenoxy) is 2. The van der Waals surface area contributed by atoms with Crippen LogP contribution in [0, 0.1) is 35.5 Å². The van der Waals surface area contributed by atoms with Gasteiger partial charge >= 0.3 is 11.4 Å². The fraction of sp³-hybridized carbons (Fsp3) is 0.742. The molecule has 2 aliphatic heterocycles. The van der Waals surface area contributed by atoms with Gasteiger partial charge in [0.15, 0.2) is 0 Å². The first-order valence-corrected chi connectivity index (χ1v) is 15.2. The van der Waals surface area contributed by atoms with Gasteiger partial charge in [-0.3, -0.25) is 24.1 Å². The van der Waals surface area contributed by atoms with Crippen molar-refractivity contribution in [2.45, 2.75) is 100 Å². The van der Waals surface area contributed by atoms with Crippen LogP contribution in [-0.2, 0) is 22.3 Å². The van der Waals surface area contributed by atoms with Gasteiger partial charge in [0.25, 0.3) is 11.1 Å². The van der Waals surface area contributed by atoms with Crippen LogP contribution < -0.4 is 22.5 Å². The molecule has 4 rings (SSSR count). The van der Waals surface area contributed by atoms with E-state index in [0.717, 1.165) is 37.2 Å². The van der Waals surface area contributed by atoms with E-state index < -0.39 is 5.69 Å². The lowest BCUT2D eigenvalue weighted by Crippen LogP contribution is -2.42. The Kier molecular flexibility index (Phi) is 13.5. The summed E-state index contributed by atoms with van der Waals surface area (Å²) in [4.78, 5) is 52.3. The van der Waals surface area contributed by atoms with E-state index in [4.69, 9.17) is 9.47 Å². The molecule has 8 unspecified atom stereocenters. The van der Waals surface area contributed by atoms with Gasteiger partial charge in [-0.25, -0.2) is 9.59 Å². The first-order valence-electron chi connectivity index (χ1n) is 15.2. The maximum absolute atomic E-state index is 12.1. The van der Waals surface area contributed by atoms with E-state index in [9.17, 15) is 19.2 Å². The Morgan fingerprint density at radius 1 is 0.732 bits per heavy atom. The van der Waals surface area contributed by atoms with Crippen LogP contribution in [0.4, 0.5) is 0 Å². The maximum atomic E-state index is 12.1. The second-order valence-corrected chi connectivity index (χ2v) is 12.1. The average molecular weight is 577 g/mol. The highest BCUT2D eigenvalue weighted by atomic mass is 16.5. The minimum atomic E-state index is -0.449. The number of H-pyrrole nitrogens is 3. The van der Waals surface area contributed by atoms with E-state index in [1.165, 1.54) is 6.20 Å². The van der Waals surface area contributed by atoms with Crippen molar-refractivity contribution in [3.05, 3.63) is 65.2 Å². The van der Waals surface area contributed by atoms with Crippen molar-refractivity contribution < 1.29 is 9.47 Å². The van der Waals surface area contributed by atoms with Crippen LogP contribution in [0.25, 0.3) is 0 Å². The molecule has 0 saturated carbocycles. The number of nitrogens with one attached hydrogen (secondary N) is 3. The Morgan fingerprint density at radius 2 is 1.27 bits per heavy atom. The number of aromatic amines is 3. The van der Waals surface area contributed by atoms with Crippen molar-refractivity contribution in [2.24, 2.45) is 35.5 Å². The van der Waals surface area contributed by atoms with Gasteiger partial charge in [-0.2, -0.15) is 0 Å². The quantitative estimate of drug-likeness (QED) is 0.486. The SMILES string of the molecule is CC1COC(C)C(C)C1C.CCCc1c[nH]c(=O)[nH]c1=O.CCCc1cn(C2OCC(C)C(C)C2C)c(=O)[nH]c1=O. The molecule has 0 aromatic carbocycles. The molecule has 232 valence electrons. The minimum Gasteiger partial charge on any atom is -0.378 e. The Morgan fingerprint density at radius 3 is 1.83 bits per heavy atom. The zero-order valence-corrected chi connectivity index (χ0v) is 26.4. The van der Waals surface area contributed by atoms with Crippen molar-refractivity contribution in [3.8, 4) is 0 Å². The van der Waals surface area contributed by atoms with Crippen LogP contribution in [0.1, 0.15) is 92.5 Å². The predicted molar refractivity (Wildman–Crippen MR) is 162 cm³/mol. The summed E-state index contributed by atoms with van der Waals surface area (Å²) < 4.78 is 13.0. The highest BCUT2D eigenvalue weighted by molar-refractivity contribution is 5.05. The number of rotatable bonds is 5. The molecule has 3 N–H and O–H groups in total. The van der Waals surface area contributed by atoms with Crippen LogP contribution in [0.5, 0.6) is 0 Å². The van der Waals surface area contributed by atoms with Crippen molar-refractivity contribution in [1.29, 1.82) is 0 Å². The van der Waals surface area contributed by atoms with E-state index in [1.54, 1.807) is 10.8 Å². The molecule has 10 nitrogen and oxygen atoms in total. The molecule has 2 fully saturated rings. The number of aryl methyl sites for hydroxylation is 2. The molecule has 0 amide bonds. The van der Waals surface area contributed by atoms with Crippen LogP contribution in [0.2, 0.25) is 0 Å². The van der Waals surface area contributed by atoms with Gasteiger partial charge < -0.3 is 14.5 Å². The third-order valence-electron chi connectivity index (χ3n) is 9.05. The number of nitrogens with zero attached hydrogens (tertiary/aromatic N) is 1. The standard InChI is InChI=1S/C15H24N2O3.C9H18O.C7H10N2O2/c1-5-6-12-7-17(15(19)16-13(12)18)14-11(4)10(3)9(2)8-20-14;1-6-5-10-9(4)8(3)7(6)2;1-2-3-5-4-8-7(11)9-6(5)10/h7,9-11,14H,5-6,8H2,1-4H3,(H,16,18,19);6-9H,5H2,1-4H3;4H,2-3H2,1H3,(H2,8,9,10,11). The van der Waals surface area contributed by atoms with Gasteiger partial charge in [0, 0.05) is 36.0 Å². The minimum absolute atomic E-state index is 0.233. The van der Waals surface area contributed by atoms with Crippen molar-refractivity contribution >= 4 is 0 Å². The highest BCUT2D eigenvalue weighted by Gasteiger charge is 2.34. The van der Waals surface area contributed by atoms with Gasteiger partial charge in [0.1, 0.15) is 6.23 Å². The van der Waals surface area contributed by atoms with E-state index in [0.29, 0.717) is 48.5 Å². The maximum Gasteiger partial charge on any atom is 0.330 e. The average Bonchev–Trinajstić information content (AvgIpc) is 2.93. The molecular weight excluding hydrogens is 524 g/mol. The molecule has 0 spiro atoms. The first-order chi connectivity index (χ1) is 19.3. The number of aromatic nitrogens is 4. The lowest BCUT2D eigenvalue weighted by atomic mass is 9.80. The predicted octanol–water partition coefficient (Wildman–Crippen LogP) is 4.26. The van der Waals surface area contributed by atoms with Crippen molar-refractivity contribution in [3.63, 3.8) is 0 Å². The fourth-order valence-corrected chi connectivity index (χ4v) is 5.27. The second-order valence-electron chi connectivity index (χ2n) is 12.1. The highest BCUT2D eigenvalue weighted by Crippen LogP contribution is 2.35. The van der Waals surface area contributed by atoms with Crippen LogP contribution in [-0.4, -0.2) is 38.8 Å². The van der Waals surface area contributed by atoms with Crippen LogP contribution in [0.15, 0.2) is 31.6 Å². The summed E-state index contributed by atoms with van der Waals surface area (Å²) in [5.74, 6) is 3.48. The summed E-state index contributed by atoms with van der Waals surface area (Å²) in [7, 11) is 0. The summed E-state index contributed by atoms with van der Waals surface area (Å²) in [6.07, 6.45) is 6.45. The molecule has 2 aromatic rings. The number of hydrogen-bond donors (Lipinski definition) is 3. The monoisotopic (exact) mass is 576 g/mol. The molecule has 4 heterocycles. The molecule has 0 bridgehead atoms. The molecule has 2 aliphatic rings. The summed E-state index contributed by atoms with van der Waals surface area (Å²) in [5.41, 5.74) is -0.113. The molecule has 2 saturated heterocycles.